The lowest BCUT2D eigenvalue weighted by molar-refractivity contribution is -0.702. The van der Waals surface area contributed by atoms with E-state index >= 15 is 0 Å². The van der Waals surface area contributed by atoms with Crippen LogP contribution in [0.4, 0.5) is 0 Å². The molecule has 144 valence electrons. The molecule has 0 aromatic heterocycles. The lowest BCUT2D eigenvalue weighted by Crippen LogP contribution is -2.16. The number of carboxylic acid groups (broad SMARTS) is 1. The smallest absolute Gasteiger partial charge is 0.303 e. The van der Waals surface area contributed by atoms with E-state index in [0.29, 0.717) is 6.61 Å². The minimum absolute atomic E-state index is 0.286. The summed E-state index contributed by atoms with van der Waals surface area (Å²) in [6, 6.07) is 0. The van der Waals surface area contributed by atoms with Gasteiger partial charge in [0.2, 0.25) is 0 Å². The molecule has 8 nitrogen and oxygen atoms in total. The molecule has 3 N–H and O–H groups in total. The first-order chi connectivity index (χ1) is 11.8. The van der Waals surface area contributed by atoms with E-state index in [4.69, 9.17) is 10.4 Å². The summed E-state index contributed by atoms with van der Waals surface area (Å²) in [4.78, 5) is 14.9. The summed E-state index contributed by atoms with van der Waals surface area (Å²) in [7, 11) is 0. The van der Waals surface area contributed by atoms with Gasteiger partial charge < -0.3 is 10.4 Å². The largest absolute Gasteiger partial charge is 0.481 e. The average molecular weight is 351 g/mol. The van der Waals surface area contributed by atoms with Crippen LogP contribution in [0.1, 0.15) is 77.0 Å². The van der Waals surface area contributed by atoms with Gasteiger partial charge in [-0.2, -0.15) is 0 Å². The Morgan fingerprint density at radius 1 is 0.750 bits per heavy atom. The highest BCUT2D eigenvalue weighted by atomic mass is 17.8. The monoisotopic (exact) mass is 351 g/mol. The topological polar surface area (TPSA) is 106 Å². The molecule has 0 aromatic rings. The summed E-state index contributed by atoms with van der Waals surface area (Å²) < 4.78 is 0. The second-order valence-electron chi connectivity index (χ2n) is 5.82. The fraction of sp³-hybridized carbons (Fsp3) is 0.938. The van der Waals surface area contributed by atoms with Gasteiger partial charge in [0.15, 0.2) is 0 Å². The van der Waals surface area contributed by atoms with Crippen LogP contribution in [0.2, 0.25) is 0 Å². The predicted molar refractivity (Wildman–Crippen MR) is 87.7 cm³/mol. The third kappa shape index (κ3) is 21.2. The zero-order chi connectivity index (χ0) is 17.7. The summed E-state index contributed by atoms with van der Waals surface area (Å²) in [6.07, 6.45) is 12.4. The molecular weight excluding hydrogens is 318 g/mol. The zero-order valence-corrected chi connectivity index (χ0v) is 14.5. The minimum atomic E-state index is -0.701. The molecule has 8 heteroatoms. The van der Waals surface area contributed by atoms with Gasteiger partial charge in [-0.15, -0.1) is 0 Å². The van der Waals surface area contributed by atoms with Crippen LogP contribution in [0, 0.1) is 0 Å². The quantitative estimate of drug-likeness (QED) is 0.173. The van der Waals surface area contributed by atoms with Gasteiger partial charge in [0.25, 0.3) is 0 Å². The van der Waals surface area contributed by atoms with Crippen LogP contribution in [0.5, 0.6) is 0 Å². The van der Waals surface area contributed by atoms with Crippen LogP contribution in [0.25, 0.3) is 0 Å². The number of unbranched alkanes of at least 4 members (excludes halogenated alkanes) is 9. The molecule has 0 atom stereocenters. The minimum Gasteiger partial charge on any atom is -0.481 e. The molecule has 0 aromatic carbocycles. The van der Waals surface area contributed by atoms with Gasteiger partial charge in [-0.05, 0) is 53.9 Å². The Kier molecular flexibility index (Phi) is 19.6. The third-order valence-electron chi connectivity index (χ3n) is 3.68. The highest BCUT2D eigenvalue weighted by Gasteiger charge is 1.97. The summed E-state index contributed by atoms with van der Waals surface area (Å²) in [5.41, 5.74) is 0. The molecule has 0 rings (SSSR count). The van der Waals surface area contributed by atoms with Crippen molar-refractivity contribution >= 4 is 5.97 Å². The zero-order valence-electron chi connectivity index (χ0n) is 14.5. The highest BCUT2D eigenvalue weighted by molar-refractivity contribution is 5.66. The van der Waals surface area contributed by atoms with Crippen molar-refractivity contribution in [2.75, 3.05) is 19.7 Å². The van der Waals surface area contributed by atoms with Crippen molar-refractivity contribution in [1.29, 1.82) is 0 Å². The van der Waals surface area contributed by atoms with Crippen molar-refractivity contribution in [1.82, 2.24) is 5.32 Å². The number of carboxylic acids is 1. The average Bonchev–Trinajstić information content (AvgIpc) is 2.56. The Morgan fingerprint density at radius 2 is 1.29 bits per heavy atom. The van der Waals surface area contributed by atoms with Gasteiger partial charge in [0.1, 0.15) is 0 Å². The van der Waals surface area contributed by atoms with Gasteiger partial charge in [-0.25, -0.2) is 10.1 Å². The maximum absolute atomic E-state index is 10.3. The molecule has 0 bridgehead atoms. The summed E-state index contributed by atoms with van der Waals surface area (Å²) >= 11 is 0. The van der Waals surface area contributed by atoms with Crippen molar-refractivity contribution in [3.05, 3.63) is 0 Å². The van der Waals surface area contributed by atoms with E-state index in [1.165, 1.54) is 38.5 Å². The van der Waals surface area contributed by atoms with Crippen LogP contribution in [0.15, 0.2) is 0 Å². The molecule has 0 spiro atoms. The molecule has 0 aliphatic heterocycles. The molecule has 0 aliphatic carbocycles. The lowest BCUT2D eigenvalue weighted by atomic mass is 10.1. The second kappa shape index (κ2) is 20.3. The van der Waals surface area contributed by atoms with E-state index in [1.807, 2.05) is 0 Å². The van der Waals surface area contributed by atoms with Crippen molar-refractivity contribution in [3.8, 4) is 0 Å². The van der Waals surface area contributed by atoms with Crippen LogP contribution in [-0.2, 0) is 24.8 Å². The number of nitrogens with one attached hydrogen (secondary N) is 1. The molecule has 0 saturated carbocycles. The summed E-state index contributed by atoms with van der Waals surface area (Å²) in [5.74, 6) is -0.701. The van der Waals surface area contributed by atoms with Crippen molar-refractivity contribution in [3.63, 3.8) is 0 Å². The normalized spacial score (nSPS) is 11.0. The van der Waals surface area contributed by atoms with E-state index < -0.39 is 5.97 Å². The third-order valence-corrected chi connectivity index (χ3v) is 3.68. The Labute approximate surface area is 144 Å². The van der Waals surface area contributed by atoms with Crippen molar-refractivity contribution in [2.45, 2.75) is 77.0 Å². The Morgan fingerprint density at radius 3 is 1.88 bits per heavy atom. The van der Waals surface area contributed by atoms with E-state index in [9.17, 15) is 4.79 Å². The van der Waals surface area contributed by atoms with Crippen LogP contribution in [0.3, 0.4) is 0 Å². The molecule has 0 unspecified atom stereocenters. The number of aliphatic carboxylic acids is 1. The Bertz CT molecular complexity index is 267. The first kappa shape index (κ1) is 23.2. The Hall–Kier alpha value is -0.770. The van der Waals surface area contributed by atoms with E-state index in [2.05, 4.69) is 25.3 Å². The van der Waals surface area contributed by atoms with E-state index in [-0.39, 0.29) is 6.42 Å². The first-order valence-electron chi connectivity index (χ1n) is 8.96. The van der Waals surface area contributed by atoms with Gasteiger partial charge in [-0.1, -0.05) is 44.9 Å². The van der Waals surface area contributed by atoms with Gasteiger partial charge >= 0.3 is 5.97 Å². The second-order valence-corrected chi connectivity index (χ2v) is 5.82. The molecule has 0 fully saturated rings. The van der Waals surface area contributed by atoms with Crippen LogP contribution >= 0.6 is 0 Å². The van der Waals surface area contributed by atoms with Gasteiger partial charge in [0, 0.05) is 6.42 Å². The molecule has 0 amide bonds. The van der Waals surface area contributed by atoms with Crippen LogP contribution < -0.4 is 5.32 Å². The number of hydrogen-bond acceptors (Lipinski definition) is 7. The maximum Gasteiger partial charge on any atom is 0.303 e. The number of rotatable bonds is 20. The molecule has 0 radical (unpaired) electrons. The summed E-state index contributed by atoms with van der Waals surface area (Å²) in [6.45, 7) is 2.45. The SMILES string of the molecule is O=C(O)CCCCCNCCCCCCCCCCOOOOO. The highest BCUT2D eigenvalue weighted by Crippen LogP contribution is 2.08. The van der Waals surface area contributed by atoms with Crippen molar-refractivity contribution in [2.24, 2.45) is 0 Å². The molecule has 24 heavy (non-hydrogen) atoms. The van der Waals surface area contributed by atoms with Crippen LogP contribution in [-0.4, -0.2) is 36.0 Å². The molecule has 0 saturated heterocycles. The maximum atomic E-state index is 10.3. The van der Waals surface area contributed by atoms with Gasteiger partial charge in [-0.3, -0.25) is 4.79 Å². The van der Waals surface area contributed by atoms with E-state index in [1.54, 1.807) is 0 Å². The predicted octanol–water partition coefficient (Wildman–Crippen LogP) is 3.63. The fourth-order valence-corrected chi connectivity index (χ4v) is 2.37. The molecule has 0 heterocycles. The first-order valence-corrected chi connectivity index (χ1v) is 8.96. The Balaban J connectivity index is 2.97. The number of carbonyl (C=O) groups is 1. The summed E-state index contributed by atoms with van der Waals surface area (Å²) in [5, 5.41) is 30.6. The van der Waals surface area contributed by atoms with Crippen molar-refractivity contribution < 1.29 is 35.2 Å². The molecule has 0 aliphatic rings. The van der Waals surface area contributed by atoms with E-state index in [0.717, 1.165) is 45.2 Å². The molecular formula is C16H33NO7. The fourth-order valence-electron chi connectivity index (χ4n) is 2.37. The van der Waals surface area contributed by atoms with Gasteiger partial charge in [0.05, 0.1) is 6.61 Å². The number of hydrogen-bond donors (Lipinski definition) is 3. The standard InChI is InChI=1S/C16H33NO7/c18-16(19)12-8-7-10-14-17-13-9-5-3-1-2-4-6-11-15-21-23-24-22-20/h17,20H,1-15H2,(H,18,19). The lowest BCUT2D eigenvalue weighted by Gasteiger charge is -2.05.